The molecule has 3 fully saturated rings. The topological polar surface area (TPSA) is 135 Å². The molecule has 41 heavy (non-hydrogen) atoms. The van der Waals surface area contributed by atoms with Crippen LogP contribution in [0.5, 0.6) is 0 Å². The summed E-state index contributed by atoms with van der Waals surface area (Å²) >= 11 is 0. The van der Waals surface area contributed by atoms with Crippen molar-refractivity contribution in [1.29, 1.82) is 5.26 Å². The van der Waals surface area contributed by atoms with Gasteiger partial charge in [-0.1, -0.05) is 58.7 Å². The fourth-order valence-corrected chi connectivity index (χ4v) is 4.04. The molecule has 0 spiro atoms. The zero-order valence-corrected chi connectivity index (χ0v) is 25.5. The molecule has 0 aromatic heterocycles. The minimum Gasteiger partial charge on any atom is -0.335 e. The smallest absolute Gasteiger partial charge is 0.315 e. The number of nitriles is 1. The number of likely N-dealkylation sites (N-methyl/N-ethyl adjacent to an activating group) is 1. The summed E-state index contributed by atoms with van der Waals surface area (Å²) in [6.45, 7) is 9.29. The van der Waals surface area contributed by atoms with Crippen LogP contribution in [0.15, 0.2) is 30.3 Å². The van der Waals surface area contributed by atoms with E-state index in [1.165, 1.54) is 17.7 Å². The number of para-hydroxylation sites is 1. The number of amides is 4. The summed E-state index contributed by atoms with van der Waals surface area (Å²) in [4.78, 5) is 49.7. The quantitative estimate of drug-likeness (QED) is 0.388. The molecule has 4 rings (SSSR count). The van der Waals surface area contributed by atoms with Gasteiger partial charge in [0, 0.05) is 18.3 Å². The highest BCUT2D eigenvalue weighted by molar-refractivity contribution is 5.93. The molecule has 3 aliphatic rings. The van der Waals surface area contributed by atoms with Crippen molar-refractivity contribution in [2.45, 2.75) is 84.3 Å². The minimum atomic E-state index is -0.529. The van der Waals surface area contributed by atoms with Crippen LogP contribution in [0.4, 0.5) is 10.5 Å². The zero-order valence-electron chi connectivity index (χ0n) is 25.5. The minimum absolute atomic E-state index is 0.119. The molecule has 10 nitrogen and oxygen atoms in total. The van der Waals surface area contributed by atoms with E-state index in [0.29, 0.717) is 30.3 Å². The van der Waals surface area contributed by atoms with Gasteiger partial charge in [0.05, 0.1) is 24.6 Å². The Morgan fingerprint density at radius 1 is 1.10 bits per heavy atom. The molecule has 2 aliphatic carbocycles. The monoisotopic (exact) mass is 568 g/mol. The van der Waals surface area contributed by atoms with E-state index < -0.39 is 6.04 Å². The van der Waals surface area contributed by atoms with Crippen molar-refractivity contribution in [3.63, 3.8) is 0 Å². The average Bonchev–Trinajstić information content (AvgIpc) is 3.82. The highest BCUT2D eigenvalue weighted by atomic mass is 16.2. The Labute approximate surface area is 245 Å². The van der Waals surface area contributed by atoms with Gasteiger partial charge in [-0.25, -0.2) is 4.79 Å². The lowest BCUT2D eigenvalue weighted by molar-refractivity contribution is -0.132. The van der Waals surface area contributed by atoms with Crippen LogP contribution in [0.1, 0.15) is 66.2 Å². The molecular formula is C31H48N6O4. The van der Waals surface area contributed by atoms with Gasteiger partial charge in [-0.2, -0.15) is 5.26 Å². The third-order valence-electron chi connectivity index (χ3n) is 6.31. The molecule has 226 valence electrons. The van der Waals surface area contributed by atoms with Gasteiger partial charge in [-0.3, -0.25) is 9.59 Å². The first kappa shape index (κ1) is 33.8. The summed E-state index contributed by atoms with van der Waals surface area (Å²) in [5.74, 6) is 0.0422. The molecule has 3 atom stereocenters. The first-order valence-electron chi connectivity index (χ1n) is 14.5. The number of benzene rings is 1. The van der Waals surface area contributed by atoms with Crippen LogP contribution in [0.2, 0.25) is 0 Å². The number of aldehydes is 1. The predicted octanol–water partition coefficient (Wildman–Crippen LogP) is 3.80. The van der Waals surface area contributed by atoms with E-state index in [1.807, 2.05) is 30.3 Å². The summed E-state index contributed by atoms with van der Waals surface area (Å²) in [5.41, 5.74) is 1.22. The summed E-state index contributed by atoms with van der Waals surface area (Å²) in [5, 5.41) is 17.5. The molecule has 10 heteroatoms. The number of anilines is 1. The molecule has 2 saturated carbocycles. The number of nitrogens with zero attached hydrogens (tertiary/aromatic N) is 3. The fraction of sp³-hybridized carbons (Fsp3) is 0.645. The number of urea groups is 1. The number of carbonyl (C=O) groups is 4. The Balaban J connectivity index is 0.000000263. The number of hydrogen-bond acceptors (Lipinski definition) is 6. The highest BCUT2D eigenvalue weighted by Gasteiger charge is 2.38. The van der Waals surface area contributed by atoms with Crippen molar-refractivity contribution in [1.82, 2.24) is 20.4 Å². The molecule has 0 bridgehead atoms. The Morgan fingerprint density at radius 2 is 1.71 bits per heavy atom. The van der Waals surface area contributed by atoms with Crippen molar-refractivity contribution < 1.29 is 19.2 Å². The van der Waals surface area contributed by atoms with Gasteiger partial charge >= 0.3 is 6.03 Å². The summed E-state index contributed by atoms with van der Waals surface area (Å²) < 4.78 is 0. The van der Waals surface area contributed by atoms with Crippen molar-refractivity contribution in [2.75, 3.05) is 32.5 Å². The van der Waals surface area contributed by atoms with Crippen molar-refractivity contribution in [2.24, 2.45) is 17.3 Å². The zero-order chi connectivity index (χ0) is 30.6. The summed E-state index contributed by atoms with van der Waals surface area (Å²) in [6, 6.07) is 10.6. The molecule has 1 saturated heterocycles. The van der Waals surface area contributed by atoms with Crippen LogP contribution >= 0.6 is 0 Å². The van der Waals surface area contributed by atoms with Crippen molar-refractivity contribution in [3.8, 4) is 6.07 Å². The molecule has 1 aromatic rings. The second kappa shape index (κ2) is 16.1. The van der Waals surface area contributed by atoms with Crippen LogP contribution in [0.3, 0.4) is 0 Å². The van der Waals surface area contributed by atoms with Gasteiger partial charge in [0.25, 0.3) is 0 Å². The van der Waals surface area contributed by atoms with Gasteiger partial charge in [0.15, 0.2) is 0 Å². The second-order valence-corrected chi connectivity index (χ2v) is 13.0. The van der Waals surface area contributed by atoms with E-state index in [0.717, 1.165) is 31.2 Å². The van der Waals surface area contributed by atoms with Crippen molar-refractivity contribution >= 4 is 29.8 Å². The largest absolute Gasteiger partial charge is 0.335 e. The lowest BCUT2D eigenvalue weighted by atomic mass is 10.0. The van der Waals surface area contributed by atoms with Crippen LogP contribution in [-0.4, -0.2) is 79.2 Å². The number of likely N-dealkylation sites (tertiary alicyclic amines) is 1. The Bertz CT molecular complexity index is 1030. The van der Waals surface area contributed by atoms with Crippen LogP contribution in [0, 0.1) is 28.6 Å². The van der Waals surface area contributed by atoms with E-state index in [-0.39, 0.29) is 36.3 Å². The molecular weight excluding hydrogens is 520 g/mol. The van der Waals surface area contributed by atoms with Gasteiger partial charge < -0.3 is 30.5 Å². The maximum absolute atomic E-state index is 12.3. The molecule has 1 heterocycles. The third kappa shape index (κ3) is 14.7. The highest BCUT2D eigenvalue weighted by Crippen LogP contribution is 2.33. The lowest BCUT2D eigenvalue weighted by Gasteiger charge is -2.21. The first-order valence-corrected chi connectivity index (χ1v) is 14.5. The summed E-state index contributed by atoms with van der Waals surface area (Å²) in [6.07, 6.45) is 6.58. The second-order valence-electron chi connectivity index (χ2n) is 13.0. The van der Waals surface area contributed by atoms with Crippen LogP contribution in [-0.2, 0) is 14.4 Å². The number of carbonyl (C=O) groups excluding carboxylic acids is 4. The average molecular weight is 569 g/mol. The molecule has 3 unspecified atom stereocenters. The van der Waals surface area contributed by atoms with Gasteiger partial charge in [-0.05, 0) is 63.2 Å². The van der Waals surface area contributed by atoms with E-state index in [2.05, 4.69) is 49.7 Å². The van der Waals surface area contributed by atoms with Gasteiger partial charge in [0.2, 0.25) is 11.8 Å². The Morgan fingerprint density at radius 3 is 2.20 bits per heavy atom. The Hall–Kier alpha value is -3.45. The maximum Gasteiger partial charge on any atom is 0.315 e. The predicted molar refractivity (Wildman–Crippen MR) is 160 cm³/mol. The summed E-state index contributed by atoms with van der Waals surface area (Å²) in [7, 11) is 3.60. The number of hydrogen-bond donors (Lipinski definition) is 3. The molecule has 0 radical (unpaired) electrons. The van der Waals surface area contributed by atoms with Gasteiger partial charge in [-0.15, -0.1) is 0 Å². The van der Waals surface area contributed by atoms with E-state index >= 15 is 0 Å². The fourth-order valence-electron chi connectivity index (χ4n) is 4.04. The standard InChI is InChI=1S/C16H20N4O2.C10H16N2O2.C5H12/c1-19(2)11-15(21)20-10-12(8-14(20)9-17)16(22)18-13-6-4-3-5-7-13;13-6-9(5-7-1-2-7)12-10(14)11-8-3-4-8;1-5(2,3)4/h3-7,12,14H,8,10-11H2,1-2H3,(H,18,22);6-9H,1-5H2,(H2,11,12,14);1-4H3. The van der Waals surface area contributed by atoms with E-state index in [9.17, 15) is 24.4 Å². The Kier molecular flexibility index (Phi) is 13.3. The van der Waals surface area contributed by atoms with Crippen LogP contribution in [0.25, 0.3) is 0 Å². The molecule has 4 amide bonds. The van der Waals surface area contributed by atoms with Crippen molar-refractivity contribution in [3.05, 3.63) is 30.3 Å². The molecule has 3 N–H and O–H groups in total. The normalized spacial score (nSPS) is 20.3. The van der Waals surface area contributed by atoms with E-state index in [1.54, 1.807) is 19.0 Å². The van der Waals surface area contributed by atoms with Gasteiger partial charge in [0.1, 0.15) is 12.3 Å². The first-order chi connectivity index (χ1) is 19.3. The van der Waals surface area contributed by atoms with Crippen LogP contribution < -0.4 is 16.0 Å². The molecule has 1 aliphatic heterocycles. The number of nitrogens with one attached hydrogen (secondary N) is 3. The lowest BCUT2D eigenvalue weighted by Crippen LogP contribution is -2.43. The SMILES string of the molecule is CC(C)(C)C.CN(C)CC(=O)N1CC(C(=O)Nc2ccccc2)CC1C#N.O=CC(CC1CC1)NC(=O)NC1CC1. The third-order valence-corrected chi connectivity index (χ3v) is 6.31. The maximum atomic E-state index is 12.3. The van der Waals surface area contributed by atoms with E-state index in [4.69, 9.17) is 0 Å². The molecule has 1 aromatic carbocycles. The number of rotatable bonds is 9.